The van der Waals surface area contributed by atoms with Gasteiger partial charge in [0, 0.05) is 13.1 Å². The SMILES string of the molecule is CCc1ccsc1C(=O)N1CC[C@@H]2CNC[C@@H]2CC1.Cl. The largest absolute Gasteiger partial charge is 0.338 e. The summed E-state index contributed by atoms with van der Waals surface area (Å²) in [5.74, 6) is 1.83. The monoisotopic (exact) mass is 314 g/mol. The molecule has 1 aromatic heterocycles. The highest BCUT2D eigenvalue weighted by Crippen LogP contribution is 2.28. The lowest BCUT2D eigenvalue weighted by Crippen LogP contribution is -2.32. The van der Waals surface area contributed by atoms with E-state index in [4.69, 9.17) is 0 Å². The number of rotatable bonds is 2. The minimum atomic E-state index is 0. The van der Waals surface area contributed by atoms with Crippen molar-refractivity contribution in [1.82, 2.24) is 10.2 Å². The molecule has 0 aliphatic carbocycles. The summed E-state index contributed by atoms with van der Waals surface area (Å²) in [6.45, 7) is 6.28. The predicted octanol–water partition coefficient (Wildman–Crippen LogP) is 2.80. The van der Waals surface area contributed by atoms with Crippen LogP contribution >= 0.6 is 23.7 Å². The van der Waals surface area contributed by atoms with Gasteiger partial charge < -0.3 is 10.2 Å². The number of thiophene rings is 1. The fraction of sp³-hybridized carbons (Fsp3) is 0.667. The Labute approximate surface area is 131 Å². The summed E-state index contributed by atoms with van der Waals surface area (Å²) >= 11 is 1.60. The first-order chi connectivity index (χ1) is 9.29. The first kappa shape index (κ1) is 15.8. The van der Waals surface area contributed by atoms with Crippen molar-refractivity contribution in [2.24, 2.45) is 11.8 Å². The molecule has 112 valence electrons. The smallest absolute Gasteiger partial charge is 0.264 e. The number of nitrogens with zero attached hydrogens (tertiary/aromatic N) is 1. The van der Waals surface area contributed by atoms with Gasteiger partial charge in [0.1, 0.15) is 0 Å². The van der Waals surface area contributed by atoms with Crippen LogP contribution in [0, 0.1) is 11.8 Å². The van der Waals surface area contributed by atoms with E-state index in [9.17, 15) is 4.79 Å². The normalized spacial score (nSPS) is 25.8. The second kappa shape index (κ2) is 6.92. The van der Waals surface area contributed by atoms with E-state index in [0.717, 1.165) is 62.2 Å². The van der Waals surface area contributed by atoms with Crippen molar-refractivity contribution in [1.29, 1.82) is 0 Å². The summed E-state index contributed by atoms with van der Waals surface area (Å²) in [7, 11) is 0. The Morgan fingerprint density at radius 2 is 2.00 bits per heavy atom. The number of carbonyl (C=O) groups excluding carboxylic acids is 1. The first-order valence-electron chi connectivity index (χ1n) is 7.36. The number of hydrogen-bond donors (Lipinski definition) is 1. The molecule has 0 spiro atoms. The third-order valence-electron chi connectivity index (χ3n) is 4.63. The molecular formula is C15H23ClN2OS. The molecule has 0 saturated carbocycles. The Morgan fingerprint density at radius 1 is 1.35 bits per heavy atom. The molecule has 0 radical (unpaired) electrons. The lowest BCUT2D eigenvalue weighted by Gasteiger charge is -2.20. The highest BCUT2D eigenvalue weighted by atomic mass is 35.5. The van der Waals surface area contributed by atoms with Gasteiger partial charge in [-0.25, -0.2) is 0 Å². The van der Waals surface area contributed by atoms with E-state index in [1.165, 1.54) is 5.56 Å². The highest BCUT2D eigenvalue weighted by Gasteiger charge is 2.32. The molecule has 3 heterocycles. The van der Waals surface area contributed by atoms with Crippen molar-refractivity contribution in [3.63, 3.8) is 0 Å². The van der Waals surface area contributed by atoms with Crippen LogP contribution in [0.15, 0.2) is 11.4 Å². The van der Waals surface area contributed by atoms with Crippen LogP contribution < -0.4 is 5.32 Å². The molecule has 2 aliphatic heterocycles. The van der Waals surface area contributed by atoms with Gasteiger partial charge in [0.15, 0.2) is 0 Å². The summed E-state index contributed by atoms with van der Waals surface area (Å²) < 4.78 is 0. The van der Waals surface area contributed by atoms with Crippen molar-refractivity contribution < 1.29 is 4.79 Å². The second-order valence-corrected chi connectivity index (χ2v) is 6.59. The zero-order chi connectivity index (χ0) is 13.2. The van der Waals surface area contributed by atoms with Gasteiger partial charge in [0.05, 0.1) is 4.88 Å². The summed E-state index contributed by atoms with van der Waals surface area (Å²) in [6, 6.07) is 2.09. The summed E-state index contributed by atoms with van der Waals surface area (Å²) in [6.07, 6.45) is 3.28. The Balaban J connectivity index is 0.00000147. The zero-order valence-electron chi connectivity index (χ0n) is 11.9. The molecule has 3 nitrogen and oxygen atoms in total. The number of halogens is 1. The van der Waals surface area contributed by atoms with E-state index in [1.807, 2.05) is 5.38 Å². The summed E-state index contributed by atoms with van der Waals surface area (Å²) in [5.41, 5.74) is 1.21. The molecule has 20 heavy (non-hydrogen) atoms. The Morgan fingerprint density at radius 3 is 2.60 bits per heavy atom. The van der Waals surface area contributed by atoms with Gasteiger partial charge in [-0.15, -0.1) is 23.7 Å². The highest BCUT2D eigenvalue weighted by molar-refractivity contribution is 7.12. The molecule has 0 bridgehead atoms. The molecule has 1 amide bonds. The van der Waals surface area contributed by atoms with Crippen LogP contribution in [0.25, 0.3) is 0 Å². The topological polar surface area (TPSA) is 32.3 Å². The van der Waals surface area contributed by atoms with Gasteiger partial charge in [0.25, 0.3) is 5.91 Å². The van der Waals surface area contributed by atoms with Gasteiger partial charge >= 0.3 is 0 Å². The maximum atomic E-state index is 12.6. The fourth-order valence-electron chi connectivity index (χ4n) is 3.37. The molecule has 2 aliphatic rings. The minimum Gasteiger partial charge on any atom is -0.338 e. The van der Waals surface area contributed by atoms with Crippen molar-refractivity contribution in [3.8, 4) is 0 Å². The van der Waals surface area contributed by atoms with Gasteiger partial charge in [-0.2, -0.15) is 0 Å². The third kappa shape index (κ3) is 3.02. The van der Waals surface area contributed by atoms with E-state index < -0.39 is 0 Å². The minimum absolute atomic E-state index is 0. The summed E-state index contributed by atoms with van der Waals surface area (Å²) in [4.78, 5) is 15.7. The van der Waals surface area contributed by atoms with Gasteiger partial charge in [-0.05, 0) is 61.2 Å². The van der Waals surface area contributed by atoms with Crippen LogP contribution in [-0.2, 0) is 6.42 Å². The number of amides is 1. The van der Waals surface area contributed by atoms with E-state index in [2.05, 4.69) is 23.2 Å². The van der Waals surface area contributed by atoms with E-state index in [1.54, 1.807) is 11.3 Å². The second-order valence-electron chi connectivity index (χ2n) is 5.68. The molecule has 2 saturated heterocycles. The zero-order valence-corrected chi connectivity index (χ0v) is 13.6. The predicted molar refractivity (Wildman–Crippen MR) is 85.9 cm³/mol. The average Bonchev–Trinajstić information content (AvgIpc) is 3.03. The Hall–Kier alpha value is -0.580. The van der Waals surface area contributed by atoms with Crippen LogP contribution in [-0.4, -0.2) is 37.0 Å². The third-order valence-corrected chi connectivity index (χ3v) is 5.57. The van der Waals surface area contributed by atoms with Gasteiger partial charge in [-0.1, -0.05) is 6.92 Å². The molecule has 2 atom stereocenters. The maximum absolute atomic E-state index is 12.6. The Kier molecular flexibility index (Phi) is 5.47. The van der Waals surface area contributed by atoms with E-state index >= 15 is 0 Å². The molecule has 5 heteroatoms. The molecule has 1 N–H and O–H groups in total. The van der Waals surface area contributed by atoms with Crippen LogP contribution in [0.3, 0.4) is 0 Å². The lowest BCUT2D eigenvalue weighted by molar-refractivity contribution is 0.0762. The van der Waals surface area contributed by atoms with Crippen molar-refractivity contribution in [3.05, 3.63) is 21.9 Å². The molecule has 2 fully saturated rings. The Bertz CT molecular complexity index is 448. The number of likely N-dealkylation sites (tertiary alicyclic amines) is 1. The standard InChI is InChI=1S/C15H22N2OS.ClH/c1-2-11-5-8-19-14(11)15(18)17-6-3-12-9-16-10-13(12)4-7-17;/h5,8,12-13,16H,2-4,6-7,9-10H2,1H3;1H/t12-,13+;. The molecule has 1 aromatic rings. The maximum Gasteiger partial charge on any atom is 0.264 e. The summed E-state index contributed by atoms with van der Waals surface area (Å²) in [5, 5.41) is 5.52. The van der Waals surface area contributed by atoms with Gasteiger partial charge in [0.2, 0.25) is 0 Å². The quantitative estimate of drug-likeness (QED) is 0.910. The van der Waals surface area contributed by atoms with E-state index in [-0.39, 0.29) is 18.3 Å². The van der Waals surface area contributed by atoms with Crippen LogP contribution in [0.4, 0.5) is 0 Å². The fourth-order valence-corrected chi connectivity index (χ4v) is 4.33. The first-order valence-corrected chi connectivity index (χ1v) is 8.24. The van der Waals surface area contributed by atoms with Crippen molar-refractivity contribution >= 4 is 29.7 Å². The average molecular weight is 315 g/mol. The van der Waals surface area contributed by atoms with Crippen LogP contribution in [0.1, 0.15) is 35.0 Å². The molecule has 0 aromatic carbocycles. The van der Waals surface area contributed by atoms with Crippen LogP contribution in [0.2, 0.25) is 0 Å². The number of fused-ring (bicyclic) bond motifs is 1. The van der Waals surface area contributed by atoms with Gasteiger partial charge in [-0.3, -0.25) is 4.79 Å². The number of nitrogens with one attached hydrogen (secondary N) is 1. The van der Waals surface area contributed by atoms with Crippen molar-refractivity contribution in [2.75, 3.05) is 26.2 Å². The van der Waals surface area contributed by atoms with E-state index in [0.29, 0.717) is 0 Å². The van der Waals surface area contributed by atoms with Crippen molar-refractivity contribution in [2.45, 2.75) is 26.2 Å². The van der Waals surface area contributed by atoms with Crippen LogP contribution in [0.5, 0.6) is 0 Å². The molecular weight excluding hydrogens is 292 g/mol. The molecule has 3 rings (SSSR count). The number of hydrogen-bond acceptors (Lipinski definition) is 3. The number of aryl methyl sites for hydroxylation is 1. The lowest BCUT2D eigenvalue weighted by atomic mass is 9.92. The molecule has 0 unspecified atom stereocenters. The number of carbonyl (C=O) groups is 1.